The minimum Gasteiger partial charge on any atom is -0.497 e. The van der Waals surface area contributed by atoms with Gasteiger partial charge in [0.2, 0.25) is 0 Å². The summed E-state index contributed by atoms with van der Waals surface area (Å²) in [5.41, 5.74) is 5.12. The summed E-state index contributed by atoms with van der Waals surface area (Å²) in [7, 11) is 3.18. The van der Waals surface area contributed by atoms with Crippen molar-refractivity contribution in [2.24, 2.45) is 21.6 Å². The van der Waals surface area contributed by atoms with Crippen LogP contribution in [0.4, 0.5) is 0 Å². The maximum Gasteiger partial charge on any atom is 0.175 e. The van der Waals surface area contributed by atoms with E-state index in [-0.39, 0.29) is 11.8 Å². The second-order valence-electron chi connectivity index (χ2n) is 7.90. The third-order valence-electron chi connectivity index (χ3n) is 6.23. The molecule has 0 aromatic heterocycles. The lowest BCUT2D eigenvalue weighted by Gasteiger charge is -2.32. The van der Waals surface area contributed by atoms with Gasteiger partial charge in [0.05, 0.1) is 26.4 Å². The Bertz CT molecular complexity index is 906. The van der Waals surface area contributed by atoms with Crippen LogP contribution in [0.1, 0.15) is 51.0 Å². The number of ether oxygens (including phenoxy) is 2. The molecule has 0 spiro atoms. The molecule has 1 fully saturated rings. The minimum absolute atomic E-state index is 0.274. The first-order chi connectivity index (χ1) is 15.0. The van der Waals surface area contributed by atoms with Crippen molar-refractivity contribution in [3.63, 3.8) is 0 Å². The van der Waals surface area contributed by atoms with E-state index in [9.17, 15) is 10.5 Å². The van der Waals surface area contributed by atoms with Gasteiger partial charge < -0.3 is 15.2 Å². The number of benzene rings is 1. The van der Waals surface area contributed by atoms with Crippen LogP contribution in [0.3, 0.4) is 0 Å². The molecule has 1 aromatic rings. The Hall–Kier alpha value is -2.03. The van der Waals surface area contributed by atoms with Crippen LogP contribution in [0.15, 0.2) is 23.2 Å². The lowest BCUT2D eigenvalue weighted by atomic mass is 9.97. The SMILES string of the molecule is CCCCSC1(SCCCC)N=C(N)C2(C#N)C(c3cc(OC)cc(OC)c3)C12C#N. The number of thioether (sulfide) groups is 2. The van der Waals surface area contributed by atoms with Crippen LogP contribution in [0.2, 0.25) is 0 Å². The highest BCUT2D eigenvalue weighted by atomic mass is 32.2. The van der Waals surface area contributed by atoms with Gasteiger partial charge in [-0.2, -0.15) is 10.5 Å². The largest absolute Gasteiger partial charge is 0.497 e. The van der Waals surface area contributed by atoms with Gasteiger partial charge in [-0.3, -0.25) is 0 Å². The normalized spacial score (nSPS) is 27.5. The minimum atomic E-state index is -1.14. The molecule has 166 valence electrons. The molecule has 1 aliphatic carbocycles. The highest BCUT2D eigenvalue weighted by Gasteiger charge is 2.92. The number of nitrogens with zero attached hydrogens (tertiary/aromatic N) is 3. The van der Waals surface area contributed by atoms with E-state index in [4.69, 9.17) is 20.2 Å². The summed E-state index contributed by atoms with van der Waals surface area (Å²) in [5, 5.41) is 20.9. The Morgan fingerprint density at radius 3 is 1.97 bits per heavy atom. The van der Waals surface area contributed by atoms with Gasteiger partial charge in [-0.05, 0) is 42.0 Å². The molecule has 8 heteroatoms. The van der Waals surface area contributed by atoms with E-state index in [0.717, 1.165) is 42.8 Å². The number of hydrogen-bond acceptors (Lipinski definition) is 8. The van der Waals surface area contributed by atoms with E-state index in [1.807, 2.05) is 12.1 Å². The fourth-order valence-corrected chi connectivity index (χ4v) is 8.25. The highest BCUT2D eigenvalue weighted by Crippen LogP contribution is 2.85. The van der Waals surface area contributed by atoms with Crippen molar-refractivity contribution in [1.82, 2.24) is 0 Å². The van der Waals surface area contributed by atoms with E-state index in [1.165, 1.54) is 0 Å². The molecule has 6 nitrogen and oxygen atoms in total. The molecule has 1 heterocycles. The number of rotatable bonds is 11. The predicted molar refractivity (Wildman–Crippen MR) is 127 cm³/mol. The highest BCUT2D eigenvalue weighted by molar-refractivity contribution is 8.18. The van der Waals surface area contributed by atoms with Crippen molar-refractivity contribution in [3.8, 4) is 23.6 Å². The van der Waals surface area contributed by atoms with Gasteiger partial charge in [-0.15, -0.1) is 23.5 Å². The number of nitrogens with two attached hydrogens (primary N) is 1. The maximum atomic E-state index is 10.6. The molecule has 0 radical (unpaired) electrons. The molecule has 3 rings (SSSR count). The Kier molecular flexibility index (Phi) is 7.03. The van der Waals surface area contributed by atoms with Gasteiger partial charge in [0, 0.05) is 12.0 Å². The number of methoxy groups -OCH3 is 2. The van der Waals surface area contributed by atoms with E-state index in [0.29, 0.717) is 11.5 Å². The fraction of sp³-hybridized carbons (Fsp3) is 0.609. The van der Waals surface area contributed by atoms with Gasteiger partial charge in [-0.25, -0.2) is 4.99 Å². The fourth-order valence-electron chi connectivity index (χ4n) is 4.56. The van der Waals surface area contributed by atoms with Crippen LogP contribution in [-0.4, -0.2) is 35.8 Å². The maximum absolute atomic E-state index is 10.6. The van der Waals surface area contributed by atoms with E-state index >= 15 is 0 Å². The molecule has 2 aliphatic rings. The first kappa shape index (κ1) is 23.6. The van der Waals surface area contributed by atoms with Gasteiger partial charge >= 0.3 is 0 Å². The molecule has 3 atom stereocenters. The van der Waals surface area contributed by atoms with E-state index in [2.05, 4.69) is 26.0 Å². The molecule has 1 saturated carbocycles. The lowest BCUT2D eigenvalue weighted by molar-refractivity contribution is 0.393. The Morgan fingerprint density at radius 2 is 1.55 bits per heavy atom. The molecule has 1 aliphatic heterocycles. The predicted octanol–water partition coefficient (Wildman–Crippen LogP) is 4.91. The number of hydrogen-bond donors (Lipinski definition) is 1. The van der Waals surface area contributed by atoms with Crippen molar-refractivity contribution in [1.29, 1.82) is 10.5 Å². The van der Waals surface area contributed by atoms with Crippen LogP contribution >= 0.6 is 23.5 Å². The van der Waals surface area contributed by atoms with Crippen LogP contribution in [-0.2, 0) is 0 Å². The monoisotopic (exact) mass is 458 g/mol. The number of nitriles is 2. The molecular weight excluding hydrogens is 428 g/mol. The van der Waals surface area contributed by atoms with Crippen molar-refractivity contribution < 1.29 is 9.47 Å². The van der Waals surface area contributed by atoms with Gasteiger partial charge in [0.25, 0.3) is 0 Å². The number of fused-ring (bicyclic) bond motifs is 1. The number of unbranched alkanes of at least 4 members (excludes halogenated alkanes) is 2. The topological polar surface area (TPSA) is 104 Å². The Morgan fingerprint density at radius 1 is 1.00 bits per heavy atom. The second kappa shape index (κ2) is 9.22. The summed E-state index contributed by atoms with van der Waals surface area (Å²) in [4.78, 5) is 4.85. The molecule has 0 amide bonds. The molecule has 3 unspecified atom stereocenters. The van der Waals surface area contributed by atoms with Crippen molar-refractivity contribution in [2.45, 2.75) is 49.7 Å². The van der Waals surface area contributed by atoms with Gasteiger partial charge in [0.15, 0.2) is 4.20 Å². The first-order valence-corrected chi connectivity index (χ1v) is 12.6. The zero-order valence-electron chi connectivity index (χ0n) is 18.6. The van der Waals surface area contributed by atoms with Crippen LogP contribution in [0.5, 0.6) is 11.5 Å². The molecule has 31 heavy (non-hydrogen) atoms. The summed E-state index contributed by atoms with van der Waals surface area (Å²) >= 11 is 3.35. The van der Waals surface area contributed by atoms with Gasteiger partial charge in [0.1, 0.15) is 28.2 Å². The standard InChI is InChI=1S/C23H30N4O2S2/c1-5-7-9-30-23(31-10-8-6-2)22(15-25)19(21(22,14-24)20(26)27-23)16-11-17(28-3)13-18(12-16)29-4/h11-13,19H,5-10H2,1-4H3,(H2,26,27). The lowest BCUT2D eigenvalue weighted by Crippen LogP contribution is -2.32. The van der Waals surface area contributed by atoms with Crippen LogP contribution < -0.4 is 15.2 Å². The quantitative estimate of drug-likeness (QED) is 0.371. The van der Waals surface area contributed by atoms with Crippen LogP contribution in [0.25, 0.3) is 0 Å². The van der Waals surface area contributed by atoms with Crippen LogP contribution in [0, 0.1) is 33.5 Å². The second-order valence-corrected chi connectivity index (χ2v) is 10.7. The van der Waals surface area contributed by atoms with Crippen molar-refractivity contribution >= 4 is 29.4 Å². The summed E-state index contributed by atoms with van der Waals surface area (Å²) in [6.45, 7) is 4.29. The van der Waals surface area contributed by atoms with E-state index in [1.54, 1.807) is 43.8 Å². The van der Waals surface area contributed by atoms with E-state index < -0.39 is 15.0 Å². The first-order valence-electron chi connectivity index (χ1n) is 10.7. The molecular formula is C23H30N4O2S2. The van der Waals surface area contributed by atoms with Gasteiger partial charge in [-0.1, -0.05) is 26.7 Å². The summed E-state index contributed by atoms with van der Waals surface area (Å²) < 4.78 is 10.1. The van der Waals surface area contributed by atoms with Crippen molar-refractivity contribution in [3.05, 3.63) is 23.8 Å². The average Bonchev–Trinajstić information content (AvgIpc) is 3.37. The Labute approximate surface area is 193 Å². The third kappa shape index (κ3) is 3.36. The number of amidine groups is 1. The van der Waals surface area contributed by atoms with Crippen molar-refractivity contribution in [2.75, 3.05) is 25.7 Å². The zero-order chi connectivity index (χ0) is 22.7. The summed E-state index contributed by atoms with van der Waals surface area (Å²) in [6.07, 6.45) is 4.16. The number of aliphatic imine (C=N–C) groups is 1. The third-order valence-corrected chi connectivity index (χ3v) is 9.53. The smallest absolute Gasteiger partial charge is 0.175 e. The summed E-state index contributed by atoms with van der Waals surface area (Å²) in [6, 6.07) is 10.5. The molecule has 0 saturated heterocycles. The molecule has 1 aromatic carbocycles. The zero-order valence-corrected chi connectivity index (χ0v) is 20.2. The molecule has 0 bridgehead atoms. The Balaban J connectivity index is 2.14. The average molecular weight is 459 g/mol. The molecule has 2 N–H and O–H groups in total. The summed E-state index contributed by atoms with van der Waals surface area (Å²) in [5.74, 6) is 2.87.